The maximum Gasteiger partial charge on any atom is 0.326 e. The molecule has 0 saturated carbocycles. The molecule has 0 atom stereocenters. The summed E-state index contributed by atoms with van der Waals surface area (Å²) >= 11 is 1.49. The van der Waals surface area contributed by atoms with Crippen LogP contribution in [0.2, 0.25) is 0 Å². The first-order valence-electron chi connectivity index (χ1n) is 7.21. The number of nitrogens with zero attached hydrogens (tertiary/aromatic N) is 2. The fraction of sp³-hybridized carbons (Fsp3) is 0.235. The van der Waals surface area contributed by atoms with E-state index in [1.165, 1.54) is 22.2 Å². The molecule has 5 nitrogen and oxygen atoms in total. The van der Waals surface area contributed by atoms with Crippen LogP contribution in [0.15, 0.2) is 41.5 Å². The highest BCUT2D eigenvalue weighted by molar-refractivity contribution is 7.18. The normalized spacial score (nSPS) is 10.9. The first kappa shape index (κ1) is 15.4. The van der Waals surface area contributed by atoms with Crippen LogP contribution in [0, 0.1) is 13.8 Å². The average molecular weight is 328 g/mol. The Hall–Kier alpha value is -2.47. The van der Waals surface area contributed by atoms with Crippen LogP contribution in [0.5, 0.6) is 0 Å². The third-order valence-corrected chi connectivity index (χ3v) is 4.81. The molecule has 0 bridgehead atoms. The van der Waals surface area contributed by atoms with E-state index >= 15 is 0 Å². The smallest absolute Gasteiger partial charge is 0.326 e. The quantitative estimate of drug-likeness (QED) is 0.691. The fourth-order valence-electron chi connectivity index (χ4n) is 2.31. The number of benzene rings is 1. The van der Waals surface area contributed by atoms with Crippen molar-refractivity contribution in [3.63, 3.8) is 0 Å². The summed E-state index contributed by atoms with van der Waals surface area (Å²) in [5.41, 5.74) is 1.63. The summed E-state index contributed by atoms with van der Waals surface area (Å²) in [6.07, 6.45) is 1.41. The van der Waals surface area contributed by atoms with E-state index in [0.717, 1.165) is 16.0 Å². The standard InChI is InChI=1S/C17H16N2O3S/c1-11-12(2)23-16-15(11)17(21)19(10-18-16)8-14(20)22-9-13-6-4-3-5-7-13/h3-7,10H,8-9H2,1-2H3. The van der Waals surface area contributed by atoms with Crippen molar-refractivity contribution in [1.29, 1.82) is 0 Å². The minimum absolute atomic E-state index is 0.136. The van der Waals surface area contributed by atoms with Crippen molar-refractivity contribution in [2.45, 2.75) is 27.0 Å². The van der Waals surface area contributed by atoms with Gasteiger partial charge in [-0.15, -0.1) is 11.3 Å². The molecule has 2 heterocycles. The number of rotatable bonds is 4. The number of esters is 1. The second-order valence-electron chi connectivity index (χ2n) is 5.29. The van der Waals surface area contributed by atoms with Crippen LogP contribution >= 0.6 is 11.3 Å². The maximum absolute atomic E-state index is 12.5. The average Bonchev–Trinajstić information content (AvgIpc) is 2.84. The molecule has 3 rings (SSSR count). The molecule has 0 aliphatic rings. The van der Waals surface area contributed by atoms with E-state index in [4.69, 9.17) is 4.74 Å². The Bertz CT molecular complexity index is 913. The first-order chi connectivity index (χ1) is 11.1. The number of carbonyl (C=O) groups excluding carboxylic acids is 1. The van der Waals surface area contributed by atoms with Gasteiger partial charge in [0.15, 0.2) is 0 Å². The maximum atomic E-state index is 12.5. The highest BCUT2D eigenvalue weighted by atomic mass is 32.1. The van der Waals surface area contributed by atoms with Crippen LogP contribution < -0.4 is 5.56 Å². The van der Waals surface area contributed by atoms with Crippen LogP contribution in [0.25, 0.3) is 10.2 Å². The van der Waals surface area contributed by atoms with E-state index in [9.17, 15) is 9.59 Å². The number of thiophene rings is 1. The zero-order chi connectivity index (χ0) is 16.4. The summed E-state index contributed by atoms with van der Waals surface area (Å²) in [5.74, 6) is -0.457. The predicted molar refractivity (Wildman–Crippen MR) is 89.6 cm³/mol. The molecule has 0 unspecified atom stereocenters. The van der Waals surface area contributed by atoms with Gasteiger partial charge in [0.2, 0.25) is 0 Å². The molecule has 0 fully saturated rings. The van der Waals surface area contributed by atoms with Gasteiger partial charge in [-0.1, -0.05) is 30.3 Å². The number of aromatic nitrogens is 2. The molecule has 23 heavy (non-hydrogen) atoms. The van der Waals surface area contributed by atoms with Gasteiger partial charge in [0.25, 0.3) is 5.56 Å². The Labute approximate surface area is 137 Å². The minimum atomic E-state index is -0.457. The largest absolute Gasteiger partial charge is 0.459 e. The number of ether oxygens (including phenoxy) is 1. The summed E-state index contributed by atoms with van der Waals surface area (Å²) in [6.45, 7) is 3.92. The third-order valence-electron chi connectivity index (χ3n) is 3.70. The Morgan fingerprint density at radius 3 is 2.74 bits per heavy atom. The van der Waals surface area contributed by atoms with Gasteiger partial charge < -0.3 is 4.74 Å². The molecule has 118 valence electrons. The molecule has 0 spiro atoms. The third kappa shape index (κ3) is 3.17. The molecule has 0 aliphatic carbocycles. The number of aryl methyl sites for hydroxylation is 2. The van der Waals surface area contributed by atoms with Gasteiger partial charge in [-0.25, -0.2) is 4.98 Å². The van der Waals surface area contributed by atoms with Gasteiger partial charge in [0.1, 0.15) is 18.0 Å². The van der Waals surface area contributed by atoms with Crippen LogP contribution in [-0.4, -0.2) is 15.5 Å². The molecule has 0 radical (unpaired) electrons. The Morgan fingerprint density at radius 2 is 2.00 bits per heavy atom. The molecular formula is C17H16N2O3S. The van der Waals surface area contributed by atoms with E-state index in [1.807, 2.05) is 44.2 Å². The molecule has 0 aliphatic heterocycles. The molecule has 2 aromatic heterocycles. The topological polar surface area (TPSA) is 61.2 Å². The highest BCUT2D eigenvalue weighted by Crippen LogP contribution is 2.25. The van der Waals surface area contributed by atoms with Crippen LogP contribution in [-0.2, 0) is 22.7 Å². The summed E-state index contributed by atoms with van der Waals surface area (Å²) in [4.78, 5) is 30.5. The number of hydrogen-bond acceptors (Lipinski definition) is 5. The molecule has 0 amide bonds. The molecular weight excluding hydrogens is 312 g/mol. The minimum Gasteiger partial charge on any atom is -0.459 e. The van der Waals surface area contributed by atoms with Crippen LogP contribution in [0.4, 0.5) is 0 Å². The lowest BCUT2D eigenvalue weighted by Crippen LogP contribution is -2.25. The lowest BCUT2D eigenvalue weighted by molar-refractivity contribution is -0.145. The summed E-state index contributed by atoms with van der Waals surface area (Å²) in [6, 6.07) is 9.42. The number of hydrogen-bond donors (Lipinski definition) is 0. The Kier molecular flexibility index (Phi) is 4.25. The van der Waals surface area contributed by atoms with Gasteiger partial charge in [-0.05, 0) is 25.0 Å². The molecule has 0 saturated heterocycles. The summed E-state index contributed by atoms with van der Waals surface area (Å²) < 4.78 is 6.51. The molecule has 3 aromatic rings. The number of fused-ring (bicyclic) bond motifs is 1. The Morgan fingerprint density at radius 1 is 1.26 bits per heavy atom. The van der Waals surface area contributed by atoms with Crippen LogP contribution in [0.1, 0.15) is 16.0 Å². The van der Waals surface area contributed by atoms with E-state index in [1.54, 1.807) is 0 Å². The van der Waals surface area contributed by atoms with E-state index in [-0.39, 0.29) is 18.7 Å². The van der Waals surface area contributed by atoms with Gasteiger partial charge in [-0.3, -0.25) is 14.2 Å². The van der Waals surface area contributed by atoms with E-state index < -0.39 is 5.97 Å². The van der Waals surface area contributed by atoms with Crippen molar-refractivity contribution < 1.29 is 9.53 Å². The van der Waals surface area contributed by atoms with Crippen molar-refractivity contribution in [1.82, 2.24) is 9.55 Å². The Balaban J connectivity index is 1.76. The SMILES string of the molecule is Cc1sc2ncn(CC(=O)OCc3ccccc3)c(=O)c2c1C. The molecule has 1 aromatic carbocycles. The second kappa shape index (κ2) is 6.34. The second-order valence-corrected chi connectivity index (χ2v) is 6.49. The zero-order valence-corrected chi connectivity index (χ0v) is 13.7. The van der Waals surface area contributed by atoms with Gasteiger partial charge in [-0.2, -0.15) is 0 Å². The monoisotopic (exact) mass is 328 g/mol. The molecule has 0 N–H and O–H groups in total. The van der Waals surface area contributed by atoms with Crippen molar-refractivity contribution in [3.05, 3.63) is 63.0 Å². The van der Waals surface area contributed by atoms with Crippen molar-refractivity contribution in [2.75, 3.05) is 0 Å². The zero-order valence-electron chi connectivity index (χ0n) is 12.9. The van der Waals surface area contributed by atoms with Gasteiger partial charge in [0, 0.05) is 4.88 Å². The van der Waals surface area contributed by atoms with Gasteiger partial charge >= 0.3 is 5.97 Å². The lowest BCUT2D eigenvalue weighted by Gasteiger charge is -2.07. The molecule has 6 heteroatoms. The van der Waals surface area contributed by atoms with Crippen molar-refractivity contribution in [3.8, 4) is 0 Å². The van der Waals surface area contributed by atoms with E-state index in [2.05, 4.69) is 4.98 Å². The van der Waals surface area contributed by atoms with Gasteiger partial charge in [0.05, 0.1) is 11.7 Å². The summed E-state index contributed by atoms with van der Waals surface area (Å²) in [5, 5.41) is 0.589. The highest BCUT2D eigenvalue weighted by Gasteiger charge is 2.14. The fourth-order valence-corrected chi connectivity index (χ4v) is 3.29. The lowest BCUT2D eigenvalue weighted by atomic mass is 10.2. The predicted octanol–water partition coefficient (Wildman–Crippen LogP) is 2.82. The first-order valence-corrected chi connectivity index (χ1v) is 8.02. The van der Waals surface area contributed by atoms with Crippen molar-refractivity contribution >= 4 is 27.5 Å². The van der Waals surface area contributed by atoms with E-state index in [0.29, 0.717) is 10.2 Å². The van der Waals surface area contributed by atoms with Crippen LogP contribution in [0.3, 0.4) is 0 Å². The summed E-state index contributed by atoms with van der Waals surface area (Å²) in [7, 11) is 0. The number of carbonyl (C=O) groups is 1. The van der Waals surface area contributed by atoms with Crippen molar-refractivity contribution in [2.24, 2.45) is 0 Å².